The molecule has 0 saturated carbocycles. The molecule has 2 rings (SSSR count). The lowest BCUT2D eigenvalue weighted by atomic mass is 10.0. The van der Waals surface area contributed by atoms with Crippen LogP contribution in [0.25, 0.3) is 0 Å². The molecule has 0 bridgehead atoms. The van der Waals surface area contributed by atoms with Gasteiger partial charge in [-0.15, -0.1) is 0 Å². The normalized spacial score (nSPS) is 17.4. The van der Waals surface area contributed by atoms with Crippen molar-refractivity contribution in [3.05, 3.63) is 29.8 Å². The second kappa shape index (κ2) is 10.3. The minimum Gasteiger partial charge on any atom is -0.497 e. The molecule has 1 aromatic carbocycles. The molecule has 1 saturated heterocycles. The highest BCUT2D eigenvalue weighted by Gasteiger charge is 2.23. The van der Waals surface area contributed by atoms with E-state index in [-0.39, 0.29) is 0 Å². The number of ether oxygens (including phenoxy) is 2. The Labute approximate surface area is 151 Å². The van der Waals surface area contributed by atoms with Crippen LogP contribution in [-0.2, 0) is 11.3 Å². The fraction of sp³-hybridized carbons (Fsp3) is 0.632. The summed E-state index contributed by atoms with van der Waals surface area (Å²) in [6.07, 6.45) is 0. The Kier molecular flexibility index (Phi) is 8.01. The molecule has 1 aromatic rings. The van der Waals surface area contributed by atoms with E-state index in [0.717, 1.165) is 51.1 Å². The fourth-order valence-corrected chi connectivity index (χ4v) is 3.05. The third-order valence-corrected chi connectivity index (χ3v) is 4.61. The summed E-state index contributed by atoms with van der Waals surface area (Å²) in [5, 5.41) is 6.85. The molecule has 1 unspecified atom stereocenters. The highest BCUT2D eigenvalue weighted by atomic mass is 16.5. The van der Waals surface area contributed by atoms with Gasteiger partial charge in [-0.25, -0.2) is 0 Å². The lowest BCUT2D eigenvalue weighted by Crippen LogP contribution is -2.52. The van der Waals surface area contributed by atoms with Gasteiger partial charge in [0.05, 0.1) is 20.3 Å². The molecule has 1 atom stereocenters. The Hall–Kier alpha value is -1.79. The molecule has 1 aliphatic rings. The molecule has 0 amide bonds. The maximum absolute atomic E-state index is 5.47. The number of nitrogens with one attached hydrogen (secondary N) is 2. The number of methoxy groups -OCH3 is 1. The lowest BCUT2D eigenvalue weighted by molar-refractivity contribution is 0.00752. The smallest absolute Gasteiger partial charge is 0.191 e. The van der Waals surface area contributed by atoms with Crippen molar-refractivity contribution in [3.8, 4) is 5.75 Å². The summed E-state index contributed by atoms with van der Waals surface area (Å²) in [5.41, 5.74) is 1.19. The summed E-state index contributed by atoms with van der Waals surface area (Å²) in [4.78, 5) is 6.85. The van der Waals surface area contributed by atoms with Gasteiger partial charge in [0.1, 0.15) is 5.75 Å². The molecule has 6 nitrogen and oxygen atoms in total. The largest absolute Gasteiger partial charge is 0.497 e. The molecule has 0 aliphatic carbocycles. The Morgan fingerprint density at radius 2 is 1.88 bits per heavy atom. The number of aliphatic imine (C=N–C) groups is 1. The number of rotatable bonds is 7. The lowest BCUT2D eigenvalue weighted by Gasteiger charge is -2.37. The average Bonchev–Trinajstić information content (AvgIpc) is 2.65. The van der Waals surface area contributed by atoms with Crippen LogP contribution in [-0.4, -0.2) is 63.9 Å². The number of hydrogen-bond acceptors (Lipinski definition) is 4. The molecule has 2 N–H and O–H groups in total. The van der Waals surface area contributed by atoms with Gasteiger partial charge >= 0.3 is 0 Å². The van der Waals surface area contributed by atoms with Crippen LogP contribution < -0.4 is 15.4 Å². The van der Waals surface area contributed by atoms with E-state index < -0.39 is 0 Å². The predicted octanol–water partition coefficient (Wildman–Crippen LogP) is 1.72. The predicted molar refractivity (Wildman–Crippen MR) is 102 cm³/mol. The zero-order chi connectivity index (χ0) is 18.1. The second-order valence-corrected chi connectivity index (χ2v) is 6.61. The van der Waals surface area contributed by atoms with Crippen LogP contribution in [0.3, 0.4) is 0 Å². The summed E-state index contributed by atoms with van der Waals surface area (Å²) in [6.45, 7) is 9.81. The van der Waals surface area contributed by atoms with Crippen LogP contribution in [0.15, 0.2) is 29.3 Å². The van der Waals surface area contributed by atoms with Gasteiger partial charge < -0.3 is 20.1 Å². The number of nitrogens with zero attached hydrogens (tertiary/aromatic N) is 2. The van der Waals surface area contributed by atoms with Crippen LogP contribution >= 0.6 is 0 Å². The van der Waals surface area contributed by atoms with E-state index in [4.69, 9.17) is 9.47 Å². The van der Waals surface area contributed by atoms with Crippen molar-refractivity contribution in [1.82, 2.24) is 15.5 Å². The molecule has 1 heterocycles. The number of guanidine groups is 1. The molecule has 1 aliphatic heterocycles. The fourth-order valence-electron chi connectivity index (χ4n) is 3.05. The topological polar surface area (TPSA) is 58.1 Å². The van der Waals surface area contributed by atoms with Crippen LogP contribution in [0.5, 0.6) is 5.75 Å². The van der Waals surface area contributed by atoms with Crippen molar-refractivity contribution in [2.45, 2.75) is 26.4 Å². The van der Waals surface area contributed by atoms with Gasteiger partial charge in [0, 0.05) is 39.3 Å². The van der Waals surface area contributed by atoms with E-state index in [1.807, 2.05) is 19.2 Å². The minimum atomic E-state index is 0.475. The first-order valence-electron chi connectivity index (χ1n) is 9.03. The van der Waals surface area contributed by atoms with Gasteiger partial charge in [-0.1, -0.05) is 26.0 Å². The highest BCUT2D eigenvalue weighted by molar-refractivity contribution is 5.79. The SMILES string of the molecule is CN=C(NCc1ccc(OC)cc1)NCC(C(C)C)N1CCOCC1. The Morgan fingerprint density at radius 3 is 2.44 bits per heavy atom. The van der Waals surface area contributed by atoms with E-state index in [0.29, 0.717) is 12.0 Å². The highest BCUT2D eigenvalue weighted by Crippen LogP contribution is 2.13. The second-order valence-electron chi connectivity index (χ2n) is 6.61. The van der Waals surface area contributed by atoms with E-state index in [2.05, 4.69) is 46.5 Å². The van der Waals surface area contributed by atoms with Crippen molar-refractivity contribution >= 4 is 5.96 Å². The van der Waals surface area contributed by atoms with Crippen molar-refractivity contribution < 1.29 is 9.47 Å². The van der Waals surface area contributed by atoms with Gasteiger partial charge in [0.2, 0.25) is 0 Å². The molecule has 140 valence electrons. The Bertz CT molecular complexity index is 525. The van der Waals surface area contributed by atoms with Gasteiger partial charge in [-0.05, 0) is 23.6 Å². The summed E-state index contributed by atoms with van der Waals surface area (Å²) in [5.74, 6) is 2.27. The molecule has 25 heavy (non-hydrogen) atoms. The summed E-state index contributed by atoms with van der Waals surface area (Å²) < 4.78 is 10.7. The van der Waals surface area contributed by atoms with Crippen molar-refractivity contribution in [2.24, 2.45) is 10.9 Å². The molecule has 0 aromatic heterocycles. The van der Waals surface area contributed by atoms with E-state index in [1.165, 1.54) is 5.56 Å². The van der Waals surface area contributed by atoms with Gasteiger partial charge in [0.25, 0.3) is 0 Å². The van der Waals surface area contributed by atoms with Crippen LogP contribution in [0.1, 0.15) is 19.4 Å². The standard InChI is InChI=1S/C19H32N4O2/c1-15(2)18(23-9-11-25-12-10-23)14-22-19(20-3)21-13-16-5-7-17(24-4)8-6-16/h5-8,15,18H,9-14H2,1-4H3,(H2,20,21,22). The zero-order valence-corrected chi connectivity index (χ0v) is 15.9. The molecule has 1 fully saturated rings. The van der Waals surface area contributed by atoms with Crippen molar-refractivity contribution in [3.63, 3.8) is 0 Å². The third kappa shape index (κ3) is 6.21. The molecular formula is C19H32N4O2. The van der Waals surface area contributed by atoms with E-state index in [1.54, 1.807) is 7.11 Å². The maximum Gasteiger partial charge on any atom is 0.191 e. The van der Waals surface area contributed by atoms with Crippen molar-refractivity contribution in [2.75, 3.05) is 47.0 Å². The molecular weight excluding hydrogens is 316 g/mol. The number of hydrogen-bond donors (Lipinski definition) is 2. The number of morpholine rings is 1. The van der Waals surface area contributed by atoms with E-state index in [9.17, 15) is 0 Å². The minimum absolute atomic E-state index is 0.475. The van der Waals surface area contributed by atoms with Crippen LogP contribution in [0.4, 0.5) is 0 Å². The monoisotopic (exact) mass is 348 g/mol. The summed E-state index contributed by atoms with van der Waals surface area (Å²) >= 11 is 0. The number of benzene rings is 1. The van der Waals surface area contributed by atoms with Crippen molar-refractivity contribution in [1.29, 1.82) is 0 Å². The molecule has 0 radical (unpaired) electrons. The first-order valence-corrected chi connectivity index (χ1v) is 9.03. The van der Waals surface area contributed by atoms with Gasteiger partial charge in [-0.3, -0.25) is 9.89 Å². The first-order chi connectivity index (χ1) is 12.1. The molecule has 0 spiro atoms. The van der Waals surface area contributed by atoms with E-state index >= 15 is 0 Å². The molecule has 6 heteroatoms. The van der Waals surface area contributed by atoms with Gasteiger partial charge in [-0.2, -0.15) is 0 Å². The summed E-state index contributed by atoms with van der Waals surface area (Å²) in [7, 11) is 3.49. The summed E-state index contributed by atoms with van der Waals surface area (Å²) in [6, 6.07) is 8.54. The van der Waals surface area contributed by atoms with Crippen LogP contribution in [0.2, 0.25) is 0 Å². The van der Waals surface area contributed by atoms with Gasteiger partial charge in [0.15, 0.2) is 5.96 Å². The Balaban J connectivity index is 1.83. The third-order valence-electron chi connectivity index (χ3n) is 4.61. The average molecular weight is 348 g/mol. The zero-order valence-electron chi connectivity index (χ0n) is 15.9. The first kappa shape index (κ1) is 19.5. The maximum atomic E-state index is 5.47. The quantitative estimate of drug-likeness (QED) is 0.580. The Morgan fingerprint density at radius 1 is 1.20 bits per heavy atom. The van der Waals surface area contributed by atoms with Crippen LogP contribution in [0, 0.1) is 5.92 Å².